The zero-order chi connectivity index (χ0) is 10.8. The number of pyridine rings is 1. The first-order chi connectivity index (χ1) is 7.15. The van der Waals surface area contributed by atoms with Crippen LogP contribution in [-0.2, 0) is 0 Å². The molecule has 0 unspecified atom stereocenters. The minimum atomic E-state index is -0.507. The summed E-state index contributed by atoms with van der Waals surface area (Å²) in [7, 11) is 0. The molecule has 1 aliphatic carbocycles. The average molecular weight is 209 g/mol. The summed E-state index contributed by atoms with van der Waals surface area (Å²) >= 11 is 0. The van der Waals surface area contributed by atoms with Gasteiger partial charge in [0.25, 0.3) is 5.91 Å². The van der Waals surface area contributed by atoms with Gasteiger partial charge in [-0.05, 0) is 18.9 Å². The van der Waals surface area contributed by atoms with E-state index in [1.165, 1.54) is 12.3 Å². The van der Waals surface area contributed by atoms with Gasteiger partial charge in [-0.25, -0.2) is 4.39 Å². The van der Waals surface area contributed by atoms with Crippen LogP contribution in [0.15, 0.2) is 18.5 Å². The Bertz CT molecular complexity index is 377. The minimum Gasteiger partial charge on any atom is -0.349 e. The van der Waals surface area contributed by atoms with E-state index < -0.39 is 5.82 Å². The predicted molar refractivity (Wildman–Crippen MR) is 52.7 cm³/mol. The topological polar surface area (TPSA) is 68.0 Å². The molecule has 3 N–H and O–H groups in total. The molecule has 15 heavy (non-hydrogen) atoms. The average Bonchev–Trinajstić information content (AvgIpc) is 2.15. The van der Waals surface area contributed by atoms with Gasteiger partial charge in [0.15, 0.2) is 0 Å². The Balaban J connectivity index is 1.96. The van der Waals surface area contributed by atoms with Crippen molar-refractivity contribution in [2.45, 2.75) is 24.9 Å². The molecule has 80 valence electrons. The highest BCUT2D eigenvalue weighted by molar-refractivity contribution is 5.94. The molecule has 0 bridgehead atoms. The number of nitrogens with zero attached hydrogens (tertiary/aromatic N) is 1. The van der Waals surface area contributed by atoms with E-state index in [1.807, 2.05) is 0 Å². The van der Waals surface area contributed by atoms with Crippen LogP contribution in [-0.4, -0.2) is 23.0 Å². The number of carbonyl (C=O) groups excluding carboxylic acids is 1. The highest BCUT2D eigenvalue weighted by atomic mass is 19.1. The normalized spacial score (nSPS) is 24.4. The number of aromatic nitrogens is 1. The molecule has 1 saturated carbocycles. The summed E-state index contributed by atoms with van der Waals surface area (Å²) in [4.78, 5) is 15.2. The largest absolute Gasteiger partial charge is 0.349 e. The van der Waals surface area contributed by atoms with Crippen LogP contribution < -0.4 is 11.1 Å². The molecule has 0 spiro atoms. The zero-order valence-corrected chi connectivity index (χ0v) is 8.11. The van der Waals surface area contributed by atoms with Gasteiger partial charge in [0.05, 0.1) is 11.8 Å². The highest BCUT2D eigenvalue weighted by Crippen LogP contribution is 2.17. The monoisotopic (exact) mass is 209 g/mol. The minimum absolute atomic E-state index is 0.121. The third kappa shape index (κ3) is 2.30. The van der Waals surface area contributed by atoms with Crippen molar-refractivity contribution in [3.8, 4) is 0 Å². The Morgan fingerprint density at radius 2 is 2.27 bits per heavy atom. The van der Waals surface area contributed by atoms with Gasteiger partial charge >= 0.3 is 0 Å². The molecule has 1 amide bonds. The predicted octanol–water partition coefficient (Wildman–Crippen LogP) is 0.440. The second-order valence-electron chi connectivity index (χ2n) is 3.79. The summed E-state index contributed by atoms with van der Waals surface area (Å²) in [6, 6.07) is 1.47. The lowest BCUT2D eigenvalue weighted by molar-refractivity contribution is 0.0909. The lowest BCUT2D eigenvalue weighted by Gasteiger charge is -2.32. The molecule has 0 atom stereocenters. The van der Waals surface area contributed by atoms with Crippen molar-refractivity contribution >= 4 is 5.91 Å². The number of halogens is 1. The van der Waals surface area contributed by atoms with Crippen LogP contribution in [0.5, 0.6) is 0 Å². The maximum absolute atomic E-state index is 12.8. The fourth-order valence-electron chi connectivity index (χ4n) is 1.58. The first-order valence-electron chi connectivity index (χ1n) is 4.82. The van der Waals surface area contributed by atoms with Gasteiger partial charge in [-0.1, -0.05) is 0 Å². The number of nitrogens with two attached hydrogens (primary N) is 1. The molecular weight excluding hydrogens is 197 g/mol. The standard InChI is InChI=1S/C10H12FN3O/c11-7-1-6(4-13-5-7)10(15)14-9-2-8(12)3-9/h1,4-5,8-9H,2-3,12H2,(H,14,15). The van der Waals surface area contributed by atoms with E-state index in [1.54, 1.807) is 0 Å². The molecule has 4 nitrogen and oxygen atoms in total. The van der Waals surface area contributed by atoms with E-state index in [4.69, 9.17) is 5.73 Å². The van der Waals surface area contributed by atoms with Crippen molar-refractivity contribution < 1.29 is 9.18 Å². The fraction of sp³-hybridized carbons (Fsp3) is 0.400. The van der Waals surface area contributed by atoms with Crippen molar-refractivity contribution in [2.24, 2.45) is 5.73 Å². The SMILES string of the molecule is NC1CC(NC(=O)c2cncc(F)c2)C1. The van der Waals surface area contributed by atoms with Crippen LogP contribution in [0.1, 0.15) is 23.2 Å². The molecule has 2 rings (SSSR count). The van der Waals surface area contributed by atoms with Crippen molar-refractivity contribution in [2.75, 3.05) is 0 Å². The lowest BCUT2D eigenvalue weighted by Crippen LogP contribution is -2.50. The van der Waals surface area contributed by atoms with Crippen LogP contribution in [0.25, 0.3) is 0 Å². The van der Waals surface area contributed by atoms with E-state index in [2.05, 4.69) is 10.3 Å². The summed E-state index contributed by atoms with van der Waals surface area (Å²) in [5.41, 5.74) is 5.83. The van der Waals surface area contributed by atoms with Gasteiger partial charge in [0.1, 0.15) is 5.82 Å². The molecule has 1 fully saturated rings. The second-order valence-corrected chi connectivity index (χ2v) is 3.79. The Labute approximate surface area is 86.7 Å². The lowest BCUT2D eigenvalue weighted by atomic mass is 9.87. The smallest absolute Gasteiger partial charge is 0.253 e. The van der Waals surface area contributed by atoms with E-state index in [-0.39, 0.29) is 23.6 Å². The molecule has 5 heteroatoms. The highest BCUT2D eigenvalue weighted by Gasteiger charge is 2.27. The summed E-state index contributed by atoms with van der Waals surface area (Å²) < 4.78 is 12.8. The van der Waals surface area contributed by atoms with Crippen molar-refractivity contribution in [1.29, 1.82) is 0 Å². The number of amides is 1. The van der Waals surface area contributed by atoms with Gasteiger partial charge in [-0.2, -0.15) is 0 Å². The number of rotatable bonds is 2. The number of hydrogen-bond acceptors (Lipinski definition) is 3. The fourth-order valence-corrected chi connectivity index (χ4v) is 1.58. The van der Waals surface area contributed by atoms with Gasteiger partial charge in [-0.15, -0.1) is 0 Å². The van der Waals surface area contributed by atoms with Gasteiger partial charge in [0.2, 0.25) is 0 Å². The Kier molecular flexibility index (Phi) is 2.64. The van der Waals surface area contributed by atoms with E-state index in [9.17, 15) is 9.18 Å². The summed E-state index contributed by atoms with van der Waals surface area (Å²) in [6.45, 7) is 0. The van der Waals surface area contributed by atoms with Crippen LogP contribution in [0.4, 0.5) is 4.39 Å². The number of nitrogens with one attached hydrogen (secondary N) is 1. The maximum Gasteiger partial charge on any atom is 0.253 e. The van der Waals surface area contributed by atoms with Crippen molar-refractivity contribution in [3.05, 3.63) is 29.8 Å². The van der Waals surface area contributed by atoms with Crippen molar-refractivity contribution in [1.82, 2.24) is 10.3 Å². The quantitative estimate of drug-likeness (QED) is 0.742. The van der Waals surface area contributed by atoms with Crippen LogP contribution >= 0.6 is 0 Å². The molecule has 0 aromatic carbocycles. The summed E-state index contributed by atoms with van der Waals surface area (Å²) in [5.74, 6) is -0.799. The van der Waals surface area contributed by atoms with Gasteiger partial charge < -0.3 is 11.1 Å². The van der Waals surface area contributed by atoms with Crippen LogP contribution in [0.2, 0.25) is 0 Å². The summed E-state index contributed by atoms with van der Waals surface area (Å²) in [6.07, 6.45) is 3.98. The van der Waals surface area contributed by atoms with E-state index in [0.717, 1.165) is 19.0 Å². The third-order valence-corrected chi connectivity index (χ3v) is 2.48. The molecule has 1 aromatic rings. The first kappa shape index (κ1) is 10.0. The van der Waals surface area contributed by atoms with E-state index >= 15 is 0 Å². The molecule has 1 aliphatic rings. The summed E-state index contributed by atoms with van der Waals surface area (Å²) in [5, 5.41) is 2.76. The van der Waals surface area contributed by atoms with Crippen LogP contribution in [0.3, 0.4) is 0 Å². The Morgan fingerprint density at radius 1 is 1.53 bits per heavy atom. The van der Waals surface area contributed by atoms with Gasteiger partial charge in [-0.3, -0.25) is 9.78 Å². The van der Waals surface area contributed by atoms with Crippen molar-refractivity contribution in [3.63, 3.8) is 0 Å². The molecule has 0 aliphatic heterocycles. The van der Waals surface area contributed by atoms with Crippen LogP contribution in [0, 0.1) is 5.82 Å². The number of hydrogen-bond donors (Lipinski definition) is 2. The van der Waals surface area contributed by atoms with Gasteiger partial charge in [0, 0.05) is 18.3 Å². The number of carbonyl (C=O) groups is 1. The Morgan fingerprint density at radius 3 is 2.87 bits per heavy atom. The van der Waals surface area contributed by atoms with E-state index in [0.29, 0.717) is 0 Å². The molecule has 1 heterocycles. The zero-order valence-electron chi connectivity index (χ0n) is 8.11. The molecule has 1 aromatic heterocycles. The second kappa shape index (κ2) is 3.94. The Hall–Kier alpha value is -1.49. The molecular formula is C10H12FN3O. The maximum atomic E-state index is 12.8. The molecule has 0 radical (unpaired) electrons. The molecule has 0 saturated heterocycles. The first-order valence-corrected chi connectivity index (χ1v) is 4.82. The third-order valence-electron chi connectivity index (χ3n) is 2.48.